The molecule has 1 saturated carbocycles. The standard InChI is InChI=1S/C20H27N5O/c1-3-8-25(20(26)23-7-6-22-2)13-15-10-16(15)18-12-24-19-5-4-14(11-21)9-17(18)19/h4-5,9,12,15-16,22,24H,3,6-8,10,13H2,1-2H3,(H,23,26)/t15-,16+/m0/s1. The second kappa shape index (κ2) is 8.24. The molecular formula is C20H27N5O. The Hall–Kier alpha value is -2.52. The Kier molecular flexibility index (Phi) is 5.79. The Labute approximate surface area is 154 Å². The number of nitriles is 1. The number of nitrogens with zero attached hydrogens (tertiary/aromatic N) is 2. The molecule has 0 aliphatic heterocycles. The SMILES string of the molecule is CCCN(C[C@@H]1C[C@H]1c1c[nH]c2ccc(C#N)cc12)C(=O)NCCNC. The second-order valence-electron chi connectivity index (χ2n) is 7.00. The van der Waals surface area contributed by atoms with Crippen LogP contribution in [0.1, 0.15) is 36.8 Å². The van der Waals surface area contributed by atoms with Crippen LogP contribution in [-0.4, -0.2) is 49.1 Å². The number of hydrogen-bond donors (Lipinski definition) is 3. The first-order valence-electron chi connectivity index (χ1n) is 9.36. The third-order valence-corrected chi connectivity index (χ3v) is 5.05. The molecule has 1 fully saturated rings. The third kappa shape index (κ3) is 4.00. The van der Waals surface area contributed by atoms with Gasteiger partial charge in [-0.3, -0.25) is 0 Å². The van der Waals surface area contributed by atoms with E-state index in [0.717, 1.165) is 43.4 Å². The van der Waals surface area contributed by atoms with Gasteiger partial charge in [-0.05, 0) is 55.5 Å². The van der Waals surface area contributed by atoms with E-state index in [-0.39, 0.29) is 6.03 Å². The fraction of sp³-hybridized carbons (Fsp3) is 0.500. The first-order valence-corrected chi connectivity index (χ1v) is 9.36. The number of likely N-dealkylation sites (N-methyl/N-ethyl adjacent to an activating group) is 1. The van der Waals surface area contributed by atoms with E-state index in [2.05, 4.69) is 34.8 Å². The number of fused-ring (bicyclic) bond motifs is 1. The molecule has 2 aromatic rings. The van der Waals surface area contributed by atoms with Gasteiger partial charge in [0, 0.05) is 43.3 Å². The quantitative estimate of drug-likeness (QED) is 0.638. The molecule has 1 aliphatic carbocycles. The fourth-order valence-electron chi connectivity index (χ4n) is 3.58. The lowest BCUT2D eigenvalue weighted by Gasteiger charge is -2.22. The zero-order chi connectivity index (χ0) is 18.5. The van der Waals surface area contributed by atoms with Crippen LogP contribution >= 0.6 is 0 Å². The monoisotopic (exact) mass is 353 g/mol. The highest BCUT2D eigenvalue weighted by molar-refractivity contribution is 5.85. The van der Waals surface area contributed by atoms with E-state index in [4.69, 9.17) is 5.26 Å². The highest BCUT2D eigenvalue weighted by Gasteiger charge is 2.41. The molecule has 1 aromatic heterocycles. The summed E-state index contributed by atoms with van der Waals surface area (Å²) in [5, 5.41) is 16.3. The summed E-state index contributed by atoms with van der Waals surface area (Å²) >= 11 is 0. The Bertz CT molecular complexity index is 806. The molecular weight excluding hydrogens is 326 g/mol. The zero-order valence-corrected chi connectivity index (χ0v) is 15.5. The molecule has 2 amide bonds. The maximum Gasteiger partial charge on any atom is 0.317 e. The van der Waals surface area contributed by atoms with Crippen LogP contribution in [-0.2, 0) is 0 Å². The number of aromatic nitrogens is 1. The van der Waals surface area contributed by atoms with Crippen LogP contribution in [0.4, 0.5) is 4.79 Å². The summed E-state index contributed by atoms with van der Waals surface area (Å²) in [6.45, 7) is 5.08. The predicted octanol–water partition coefficient (Wildman–Crippen LogP) is 2.78. The molecule has 3 rings (SSSR count). The van der Waals surface area contributed by atoms with Crippen LogP contribution in [0.25, 0.3) is 10.9 Å². The van der Waals surface area contributed by atoms with Crippen LogP contribution < -0.4 is 10.6 Å². The van der Waals surface area contributed by atoms with Crippen molar-refractivity contribution in [3.8, 4) is 6.07 Å². The summed E-state index contributed by atoms with van der Waals surface area (Å²) in [6.07, 6.45) is 4.11. The number of H-pyrrole nitrogens is 1. The molecule has 6 nitrogen and oxygen atoms in total. The maximum absolute atomic E-state index is 12.4. The number of hydrogen-bond acceptors (Lipinski definition) is 3. The summed E-state index contributed by atoms with van der Waals surface area (Å²) in [7, 11) is 1.88. The van der Waals surface area contributed by atoms with Gasteiger partial charge in [-0.15, -0.1) is 0 Å². The lowest BCUT2D eigenvalue weighted by molar-refractivity contribution is 0.195. The highest BCUT2D eigenvalue weighted by atomic mass is 16.2. The minimum Gasteiger partial charge on any atom is -0.361 e. The normalized spacial score (nSPS) is 18.5. The van der Waals surface area contributed by atoms with Gasteiger partial charge in [0.05, 0.1) is 11.6 Å². The van der Waals surface area contributed by atoms with E-state index in [9.17, 15) is 4.79 Å². The average molecular weight is 353 g/mol. The van der Waals surface area contributed by atoms with Gasteiger partial charge in [-0.25, -0.2) is 4.79 Å². The molecule has 138 valence electrons. The number of aromatic amines is 1. The fourth-order valence-corrected chi connectivity index (χ4v) is 3.58. The van der Waals surface area contributed by atoms with Crippen molar-refractivity contribution >= 4 is 16.9 Å². The Balaban J connectivity index is 1.65. The van der Waals surface area contributed by atoms with E-state index >= 15 is 0 Å². The molecule has 0 spiro atoms. The first-order chi connectivity index (χ1) is 12.7. The summed E-state index contributed by atoms with van der Waals surface area (Å²) in [4.78, 5) is 17.7. The van der Waals surface area contributed by atoms with Gasteiger partial charge < -0.3 is 20.5 Å². The number of carbonyl (C=O) groups is 1. The van der Waals surface area contributed by atoms with Crippen molar-refractivity contribution < 1.29 is 4.79 Å². The van der Waals surface area contributed by atoms with Crippen LogP contribution in [0.5, 0.6) is 0 Å². The van der Waals surface area contributed by atoms with Crippen molar-refractivity contribution in [1.82, 2.24) is 20.5 Å². The van der Waals surface area contributed by atoms with Crippen LogP contribution in [0, 0.1) is 17.2 Å². The second-order valence-corrected chi connectivity index (χ2v) is 7.00. The first kappa shape index (κ1) is 18.3. The molecule has 0 saturated heterocycles. The van der Waals surface area contributed by atoms with Gasteiger partial charge in [-0.2, -0.15) is 5.26 Å². The minimum atomic E-state index is 0.0263. The smallest absolute Gasteiger partial charge is 0.317 e. The predicted molar refractivity (Wildman–Crippen MR) is 103 cm³/mol. The maximum atomic E-state index is 12.4. The highest BCUT2D eigenvalue weighted by Crippen LogP contribution is 2.50. The Morgan fingerprint density at radius 1 is 1.42 bits per heavy atom. The number of urea groups is 1. The topological polar surface area (TPSA) is 84.0 Å². The number of carbonyl (C=O) groups excluding carboxylic acids is 1. The molecule has 0 bridgehead atoms. The zero-order valence-electron chi connectivity index (χ0n) is 15.5. The molecule has 3 N–H and O–H groups in total. The molecule has 0 radical (unpaired) electrons. The van der Waals surface area contributed by atoms with Crippen LogP contribution in [0.15, 0.2) is 24.4 Å². The third-order valence-electron chi connectivity index (χ3n) is 5.05. The van der Waals surface area contributed by atoms with Gasteiger partial charge >= 0.3 is 6.03 Å². The summed E-state index contributed by atoms with van der Waals surface area (Å²) in [6, 6.07) is 8.01. The largest absolute Gasteiger partial charge is 0.361 e. The molecule has 2 atom stereocenters. The van der Waals surface area contributed by atoms with E-state index in [1.165, 1.54) is 5.56 Å². The number of amides is 2. The number of nitrogens with one attached hydrogen (secondary N) is 3. The number of rotatable bonds is 8. The van der Waals surface area contributed by atoms with E-state index < -0.39 is 0 Å². The summed E-state index contributed by atoms with van der Waals surface area (Å²) < 4.78 is 0. The van der Waals surface area contributed by atoms with Crippen molar-refractivity contribution in [2.45, 2.75) is 25.7 Å². The van der Waals surface area contributed by atoms with E-state index in [0.29, 0.717) is 23.9 Å². The van der Waals surface area contributed by atoms with Crippen molar-refractivity contribution in [3.63, 3.8) is 0 Å². The van der Waals surface area contributed by atoms with E-state index in [1.807, 2.05) is 30.1 Å². The lowest BCUT2D eigenvalue weighted by Crippen LogP contribution is -2.43. The van der Waals surface area contributed by atoms with Gasteiger partial charge in [0.2, 0.25) is 0 Å². The molecule has 1 aromatic carbocycles. The van der Waals surface area contributed by atoms with Crippen molar-refractivity contribution in [3.05, 3.63) is 35.5 Å². The minimum absolute atomic E-state index is 0.0263. The van der Waals surface area contributed by atoms with Gasteiger partial charge in [0.15, 0.2) is 0 Å². The van der Waals surface area contributed by atoms with Crippen molar-refractivity contribution in [2.75, 3.05) is 33.2 Å². The number of benzene rings is 1. The van der Waals surface area contributed by atoms with Gasteiger partial charge in [0.1, 0.15) is 0 Å². The van der Waals surface area contributed by atoms with Gasteiger partial charge in [0.25, 0.3) is 0 Å². The van der Waals surface area contributed by atoms with Crippen LogP contribution in [0.3, 0.4) is 0 Å². The Morgan fingerprint density at radius 3 is 3.00 bits per heavy atom. The lowest BCUT2D eigenvalue weighted by atomic mass is 10.1. The molecule has 26 heavy (non-hydrogen) atoms. The van der Waals surface area contributed by atoms with Gasteiger partial charge in [-0.1, -0.05) is 6.92 Å². The molecule has 0 unspecified atom stereocenters. The summed E-state index contributed by atoms with van der Waals surface area (Å²) in [5.74, 6) is 0.948. The molecule has 1 aliphatic rings. The van der Waals surface area contributed by atoms with E-state index in [1.54, 1.807) is 0 Å². The average Bonchev–Trinajstić information content (AvgIpc) is 3.28. The summed E-state index contributed by atoms with van der Waals surface area (Å²) in [5.41, 5.74) is 3.03. The van der Waals surface area contributed by atoms with Crippen molar-refractivity contribution in [2.24, 2.45) is 5.92 Å². The van der Waals surface area contributed by atoms with Crippen molar-refractivity contribution in [1.29, 1.82) is 5.26 Å². The Morgan fingerprint density at radius 2 is 2.27 bits per heavy atom. The van der Waals surface area contributed by atoms with Crippen LogP contribution in [0.2, 0.25) is 0 Å². The molecule has 1 heterocycles. The molecule has 6 heteroatoms.